The molecule has 0 atom stereocenters. The summed E-state index contributed by atoms with van der Waals surface area (Å²) >= 11 is -1.44. The summed E-state index contributed by atoms with van der Waals surface area (Å²) in [7, 11) is 10.5. The number of hydrogen-bond acceptors (Lipinski definition) is 0. The van der Waals surface area contributed by atoms with Gasteiger partial charge >= 0.3 is 80.9 Å². The van der Waals surface area contributed by atoms with Gasteiger partial charge in [-0.05, 0) is 0 Å². The summed E-state index contributed by atoms with van der Waals surface area (Å²) < 4.78 is 1.61. The second-order valence-electron chi connectivity index (χ2n) is 4.77. The number of hydrogen-bond donors (Lipinski definition) is 0. The molecule has 0 N–H and O–H groups in total. The number of rotatable bonds is 1. The molecule has 3 nitrogen and oxygen atoms in total. The van der Waals surface area contributed by atoms with Crippen LogP contribution in [0.3, 0.4) is 0 Å². The molecule has 110 valence electrons. The molecule has 0 aromatic heterocycles. The summed E-state index contributed by atoms with van der Waals surface area (Å²) in [6.45, 7) is 0. The first-order chi connectivity index (χ1) is 8.35. The van der Waals surface area contributed by atoms with Crippen molar-refractivity contribution in [2.45, 2.75) is 17.3 Å². The van der Waals surface area contributed by atoms with E-state index in [1.165, 1.54) is 0 Å². The molecular formula is C14H31GeN3Ti. The molecule has 0 saturated carbocycles. The van der Waals surface area contributed by atoms with E-state index in [-0.39, 0.29) is 21.7 Å². The maximum atomic E-state index is 3.50. The largest absolute Gasteiger partial charge is 4.00 e. The summed E-state index contributed by atoms with van der Waals surface area (Å²) in [5.74, 6) is 7.24. The van der Waals surface area contributed by atoms with E-state index in [4.69, 9.17) is 0 Å². The molecule has 19 heavy (non-hydrogen) atoms. The first kappa shape index (κ1) is 27.8. The fourth-order valence-electron chi connectivity index (χ4n) is 0.874. The van der Waals surface area contributed by atoms with E-state index in [0.29, 0.717) is 0 Å². The van der Waals surface area contributed by atoms with Crippen LogP contribution in [0.4, 0.5) is 0 Å². The van der Waals surface area contributed by atoms with Gasteiger partial charge in [-0.25, -0.2) is 0 Å². The zero-order chi connectivity index (χ0) is 15.0. The van der Waals surface area contributed by atoms with Gasteiger partial charge in [0.1, 0.15) is 0 Å². The molecule has 0 radical (unpaired) electrons. The Morgan fingerprint density at radius 1 is 0.684 bits per heavy atom. The van der Waals surface area contributed by atoms with Gasteiger partial charge in [0.2, 0.25) is 0 Å². The summed E-state index contributed by atoms with van der Waals surface area (Å²) in [5, 5.41) is 10.5. The molecule has 1 aromatic rings. The molecule has 0 aliphatic carbocycles. The van der Waals surface area contributed by atoms with E-state index in [9.17, 15) is 0 Å². The van der Waals surface area contributed by atoms with E-state index in [1.54, 1.807) is 46.7 Å². The number of nitrogens with zero attached hydrogens (tertiary/aromatic N) is 3. The van der Waals surface area contributed by atoms with Crippen LogP contribution in [-0.2, 0) is 21.7 Å². The third-order valence-corrected chi connectivity index (χ3v) is 5.86. The average Bonchev–Trinajstić information content (AvgIpc) is 2.72. The molecule has 0 fully saturated rings. The van der Waals surface area contributed by atoms with Crippen LogP contribution in [0.1, 0.15) is 0 Å². The van der Waals surface area contributed by atoms with Crippen LogP contribution >= 0.6 is 0 Å². The van der Waals surface area contributed by atoms with Gasteiger partial charge in [0.05, 0.1) is 0 Å². The van der Waals surface area contributed by atoms with Crippen molar-refractivity contribution in [2.24, 2.45) is 0 Å². The van der Waals surface area contributed by atoms with Gasteiger partial charge in [0.25, 0.3) is 0 Å². The van der Waals surface area contributed by atoms with Crippen molar-refractivity contribution >= 4 is 17.7 Å². The molecule has 0 saturated heterocycles. The van der Waals surface area contributed by atoms with Gasteiger partial charge in [0.15, 0.2) is 0 Å². The molecule has 0 aliphatic heterocycles. The van der Waals surface area contributed by atoms with E-state index in [1.807, 2.05) is 0 Å². The first-order valence-electron chi connectivity index (χ1n) is 6.01. The predicted molar refractivity (Wildman–Crippen MR) is 90.6 cm³/mol. The second-order valence-corrected chi connectivity index (χ2v) is 15.4. The molecule has 1 aromatic carbocycles. The first-order valence-corrected chi connectivity index (χ1v) is 13.4. The third kappa shape index (κ3) is 27.6. The summed E-state index contributed by atoms with van der Waals surface area (Å²) in [5.41, 5.74) is 0. The van der Waals surface area contributed by atoms with Crippen LogP contribution in [0.15, 0.2) is 24.3 Å². The van der Waals surface area contributed by atoms with Gasteiger partial charge in [-0.1, -0.05) is 0 Å². The third-order valence-electron chi connectivity index (χ3n) is 1.53. The van der Waals surface area contributed by atoms with E-state index >= 15 is 0 Å². The van der Waals surface area contributed by atoms with Crippen molar-refractivity contribution in [3.8, 4) is 0 Å². The van der Waals surface area contributed by atoms with Gasteiger partial charge in [-0.2, -0.15) is 42.3 Å². The molecule has 5 heteroatoms. The monoisotopic (exact) mass is 363 g/mol. The van der Waals surface area contributed by atoms with Crippen LogP contribution in [0.2, 0.25) is 17.3 Å². The van der Waals surface area contributed by atoms with Crippen molar-refractivity contribution in [1.29, 1.82) is 0 Å². The Morgan fingerprint density at radius 2 is 0.895 bits per heavy atom. The topological polar surface area (TPSA) is 42.3 Å². The fourth-order valence-corrected chi connectivity index (χ4v) is 3.38. The Balaban J connectivity index is -0.0000000956. The summed E-state index contributed by atoms with van der Waals surface area (Å²) in [4.78, 5) is 0. The van der Waals surface area contributed by atoms with Crippen molar-refractivity contribution in [3.63, 3.8) is 0 Å². The normalized spacial score (nSPS) is 8.47. The molecule has 0 spiro atoms. The minimum Gasteiger partial charge on any atom is 4.00 e. The van der Waals surface area contributed by atoms with Crippen molar-refractivity contribution in [2.75, 3.05) is 42.3 Å². The molecule has 0 unspecified atom stereocenters. The van der Waals surface area contributed by atoms with Crippen molar-refractivity contribution in [1.82, 2.24) is 0 Å². The second kappa shape index (κ2) is 20.8. The van der Waals surface area contributed by atoms with Crippen molar-refractivity contribution in [3.05, 3.63) is 40.2 Å². The Labute approximate surface area is 138 Å². The molecule has 0 amide bonds. The van der Waals surface area contributed by atoms with Crippen LogP contribution < -0.4 is 4.40 Å². The average molecular weight is 362 g/mol. The fraction of sp³-hybridized carbons (Fsp3) is 0.643. The minimum absolute atomic E-state index is 0. The Hall–Kier alpha value is 0.487. The smallest absolute Gasteiger partial charge is 4.00 e. The minimum atomic E-state index is -1.44. The van der Waals surface area contributed by atoms with E-state index in [0.717, 1.165) is 0 Å². The molecule has 0 aliphatic rings. The zero-order valence-electron chi connectivity index (χ0n) is 14.2. The van der Waals surface area contributed by atoms with Crippen LogP contribution in [-0.4, -0.2) is 55.6 Å². The standard InChI is InChI=1S/C8H13Ge.3C2H6N.Ti/c1-9(2,3)8-6-4-5-7-8;3*1-3-2;/h4-7H,1-3H3;3*1-2H3;/q4*-1;+4. The van der Waals surface area contributed by atoms with Gasteiger partial charge in [0, 0.05) is 0 Å². The molecule has 0 heterocycles. The zero-order valence-corrected chi connectivity index (χ0v) is 17.8. The quantitative estimate of drug-likeness (QED) is 0.539. The SMILES string of the molecule is C[N-]C.C[N-]C.C[N-]C.[CH3][Ge]([CH3])([CH3])[c-]1cccc1.[Ti+4]. The van der Waals surface area contributed by atoms with E-state index < -0.39 is 13.3 Å². The summed E-state index contributed by atoms with van der Waals surface area (Å²) in [6, 6.07) is 8.76. The maximum absolute atomic E-state index is 3.50. The van der Waals surface area contributed by atoms with Crippen molar-refractivity contribution < 1.29 is 21.7 Å². The van der Waals surface area contributed by atoms with Gasteiger partial charge in [-0.15, -0.1) is 0 Å². The van der Waals surface area contributed by atoms with Crippen LogP contribution in [0.5, 0.6) is 0 Å². The van der Waals surface area contributed by atoms with Gasteiger partial charge in [-0.3, -0.25) is 0 Å². The Kier molecular flexibility index (Phi) is 30.4. The Morgan fingerprint density at radius 3 is 1.00 bits per heavy atom. The van der Waals surface area contributed by atoms with Crippen LogP contribution in [0.25, 0.3) is 16.0 Å². The summed E-state index contributed by atoms with van der Waals surface area (Å²) in [6.07, 6.45) is 0. The maximum Gasteiger partial charge on any atom is 4.00 e. The van der Waals surface area contributed by atoms with Crippen LogP contribution in [0, 0.1) is 0 Å². The Bertz CT molecular complexity index is 216. The van der Waals surface area contributed by atoms with Gasteiger partial charge < -0.3 is 16.0 Å². The molecule has 0 bridgehead atoms. The molecular weight excluding hydrogens is 331 g/mol. The van der Waals surface area contributed by atoms with E-state index in [2.05, 4.69) is 57.5 Å². The molecule has 1 rings (SSSR count). The predicted octanol–water partition coefficient (Wildman–Crippen LogP) is 3.81.